The van der Waals surface area contributed by atoms with E-state index in [9.17, 15) is 9.59 Å². The van der Waals surface area contributed by atoms with Gasteiger partial charge in [-0.1, -0.05) is 0 Å². The van der Waals surface area contributed by atoms with Crippen molar-refractivity contribution in [2.24, 2.45) is 11.5 Å². The Labute approximate surface area is 124 Å². The third-order valence-electron chi connectivity index (χ3n) is 3.61. The zero-order valence-corrected chi connectivity index (χ0v) is 12.0. The average molecular weight is 290 g/mol. The molecule has 6 heteroatoms. The number of nitrogens with zero attached hydrogens (tertiary/aromatic N) is 1. The number of primary amides is 1. The number of rotatable bonds is 5. The van der Waals surface area contributed by atoms with Gasteiger partial charge in [-0.25, -0.2) is 0 Å². The Balaban J connectivity index is 1.92. The first-order valence-electron chi connectivity index (χ1n) is 7.26. The lowest BCUT2D eigenvalue weighted by atomic mass is 10.1. The quantitative estimate of drug-likeness (QED) is 0.747. The van der Waals surface area contributed by atoms with Gasteiger partial charge in [0.15, 0.2) is 0 Å². The Morgan fingerprint density at radius 2 is 1.76 bits per heavy atom. The van der Waals surface area contributed by atoms with E-state index in [0.29, 0.717) is 5.69 Å². The van der Waals surface area contributed by atoms with Crippen molar-refractivity contribution in [2.45, 2.75) is 31.7 Å². The minimum Gasteiger partial charge on any atom is -0.372 e. The van der Waals surface area contributed by atoms with Crippen LogP contribution in [-0.4, -0.2) is 30.9 Å². The third-order valence-corrected chi connectivity index (χ3v) is 3.61. The van der Waals surface area contributed by atoms with Crippen LogP contribution in [0, 0.1) is 0 Å². The average Bonchev–Trinajstić information content (AvgIpc) is 2.48. The number of hydrogen-bond acceptors (Lipinski definition) is 4. The number of nitrogens with one attached hydrogen (secondary N) is 1. The van der Waals surface area contributed by atoms with E-state index in [4.69, 9.17) is 11.5 Å². The molecule has 1 aliphatic rings. The molecule has 1 atom stereocenters. The molecule has 0 radical (unpaired) electrons. The Morgan fingerprint density at radius 1 is 1.14 bits per heavy atom. The van der Waals surface area contributed by atoms with Crippen molar-refractivity contribution in [3.8, 4) is 0 Å². The first-order valence-corrected chi connectivity index (χ1v) is 7.26. The molecule has 1 fully saturated rings. The monoisotopic (exact) mass is 290 g/mol. The number of nitrogens with two attached hydrogens (primary N) is 2. The van der Waals surface area contributed by atoms with Crippen LogP contribution < -0.4 is 21.7 Å². The molecule has 1 saturated heterocycles. The molecule has 0 bridgehead atoms. The molecular weight excluding hydrogens is 268 g/mol. The second-order valence-corrected chi connectivity index (χ2v) is 5.36. The lowest BCUT2D eigenvalue weighted by Crippen LogP contribution is -2.39. The van der Waals surface area contributed by atoms with Gasteiger partial charge in [-0.3, -0.25) is 9.59 Å². The number of piperidine rings is 1. The maximum atomic E-state index is 11.8. The van der Waals surface area contributed by atoms with E-state index in [1.54, 1.807) is 0 Å². The maximum Gasteiger partial charge on any atom is 0.241 e. The van der Waals surface area contributed by atoms with E-state index in [1.807, 2.05) is 24.3 Å². The van der Waals surface area contributed by atoms with Crippen LogP contribution in [-0.2, 0) is 9.59 Å². The van der Waals surface area contributed by atoms with Gasteiger partial charge in [-0.15, -0.1) is 0 Å². The molecule has 2 amide bonds. The zero-order chi connectivity index (χ0) is 15.2. The largest absolute Gasteiger partial charge is 0.372 e. The Kier molecular flexibility index (Phi) is 5.16. The molecule has 0 saturated carbocycles. The molecule has 114 valence electrons. The van der Waals surface area contributed by atoms with Crippen molar-refractivity contribution < 1.29 is 9.59 Å². The maximum absolute atomic E-state index is 11.8. The minimum absolute atomic E-state index is 0.155. The molecule has 2 rings (SSSR count). The van der Waals surface area contributed by atoms with Gasteiger partial charge in [-0.2, -0.15) is 0 Å². The predicted molar refractivity (Wildman–Crippen MR) is 82.9 cm³/mol. The summed E-state index contributed by atoms with van der Waals surface area (Å²) in [4.78, 5) is 24.9. The summed E-state index contributed by atoms with van der Waals surface area (Å²) in [6, 6.07) is 6.75. The normalized spacial score (nSPS) is 16.3. The topological polar surface area (TPSA) is 101 Å². The summed E-state index contributed by atoms with van der Waals surface area (Å²) < 4.78 is 0. The van der Waals surface area contributed by atoms with Crippen molar-refractivity contribution >= 4 is 23.2 Å². The molecule has 0 aliphatic carbocycles. The van der Waals surface area contributed by atoms with E-state index in [0.717, 1.165) is 18.8 Å². The molecule has 0 spiro atoms. The van der Waals surface area contributed by atoms with Crippen LogP contribution >= 0.6 is 0 Å². The number of anilines is 2. The second kappa shape index (κ2) is 7.08. The number of benzene rings is 1. The molecule has 21 heavy (non-hydrogen) atoms. The predicted octanol–water partition coefficient (Wildman–Crippen LogP) is 0.818. The van der Waals surface area contributed by atoms with Crippen LogP contribution in [0.2, 0.25) is 0 Å². The number of carbonyl (C=O) groups is 2. The fraction of sp³-hybridized carbons (Fsp3) is 0.467. The van der Waals surface area contributed by atoms with Gasteiger partial charge >= 0.3 is 0 Å². The smallest absolute Gasteiger partial charge is 0.241 e. The Hall–Kier alpha value is -2.08. The fourth-order valence-corrected chi connectivity index (χ4v) is 2.45. The summed E-state index contributed by atoms with van der Waals surface area (Å²) in [5.74, 6) is -0.988. The van der Waals surface area contributed by atoms with Crippen LogP contribution in [0.1, 0.15) is 25.7 Å². The standard InChI is InChI=1S/C15H22N4O2/c16-13(10-14(17)20)15(21)18-11-4-6-12(7-5-11)19-8-2-1-3-9-19/h4-7,13H,1-3,8-10,16H2,(H2,17,20)(H,18,21). The lowest BCUT2D eigenvalue weighted by molar-refractivity contribution is -0.123. The molecule has 1 unspecified atom stereocenters. The van der Waals surface area contributed by atoms with Crippen LogP contribution in [0.5, 0.6) is 0 Å². The van der Waals surface area contributed by atoms with Gasteiger partial charge in [0.05, 0.1) is 12.5 Å². The summed E-state index contributed by atoms with van der Waals surface area (Å²) in [6.45, 7) is 2.16. The fourth-order valence-electron chi connectivity index (χ4n) is 2.45. The van der Waals surface area contributed by atoms with Gasteiger partial charge in [0.2, 0.25) is 11.8 Å². The molecule has 0 aromatic heterocycles. The van der Waals surface area contributed by atoms with Crippen LogP contribution in [0.4, 0.5) is 11.4 Å². The third kappa shape index (κ3) is 4.46. The molecular formula is C15H22N4O2. The van der Waals surface area contributed by atoms with E-state index >= 15 is 0 Å². The van der Waals surface area contributed by atoms with Crippen molar-refractivity contribution in [2.75, 3.05) is 23.3 Å². The lowest BCUT2D eigenvalue weighted by Gasteiger charge is -2.28. The van der Waals surface area contributed by atoms with E-state index in [-0.39, 0.29) is 6.42 Å². The summed E-state index contributed by atoms with van der Waals surface area (Å²) in [6.07, 6.45) is 3.58. The SMILES string of the molecule is NC(=O)CC(N)C(=O)Nc1ccc(N2CCCCC2)cc1. The Morgan fingerprint density at radius 3 is 2.33 bits per heavy atom. The minimum atomic E-state index is -0.913. The van der Waals surface area contributed by atoms with Gasteiger partial charge in [0.1, 0.15) is 0 Å². The van der Waals surface area contributed by atoms with Crippen molar-refractivity contribution in [3.05, 3.63) is 24.3 Å². The van der Waals surface area contributed by atoms with Crippen molar-refractivity contribution in [1.29, 1.82) is 0 Å². The number of carbonyl (C=O) groups excluding carboxylic acids is 2. The van der Waals surface area contributed by atoms with Crippen molar-refractivity contribution in [1.82, 2.24) is 0 Å². The van der Waals surface area contributed by atoms with Gasteiger partial charge < -0.3 is 21.7 Å². The van der Waals surface area contributed by atoms with E-state index in [1.165, 1.54) is 19.3 Å². The number of amides is 2. The van der Waals surface area contributed by atoms with Crippen molar-refractivity contribution in [3.63, 3.8) is 0 Å². The zero-order valence-electron chi connectivity index (χ0n) is 12.0. The van der Waals surface area contributed by atoms with Crippen LogP contribution in [0.15, 0.2) is 24.3 Å². The van der Waals surface area contributed by atoms with Gasteiger partial charge in [0.25, 0.3) is 0 Å². The summed E-state index contributed by atoms with van der Waals surface area (Å²) in [5, 5.41) is 2.69. The van der Waals surface area contributed by atoms with Gasteiger partial charge in [-0.05, 0) is 43.5 Å². The molecule has 5 N–H and O–H groups in total. The summed E-state index contributed by atoms with van der Waals surface area (Å²) in [5.41, 5.74) is 12.4. The molecule has 1 heterocycles. The first-order chi connectivity index (χ1) is 10.1. The molecule has 1 aromatic carbocycles. The molecule has 1 aliphatic heterocycles. The highest BCUT2D eigenvalue weighted by Crippen LogP contribution is 2.21. The summed E-state index contributed by atoms with van der Waals surface area (Å²) >= 11 is 0. The molecule has 6 nitrogen and oxygen atoms in total. The van der Waals surface area contributed by atoms with E-state index < -0.39 is 17.9 Å². The Bertz CT molecular complexity index is 495. The first kappa shape index (κ1) is 15.3. The van der Waals surface area contributed by atoms with Crippen LogP contribution in [0.25, 0.3) is 0 Å². The van der Waals surface area contributed by atoms with E-state index in [2.05, 4.69) is 10.2 Å². The highest BCUT2D eigenvalue weighted by atomic mass is 16.2. The van der Waals surface area contributed by atoms with Crippen LogP contribution in [0.3, 0.4) is 0 Å². The van der Waals surface area contributed by atoms with Gasteiger partial charge in [0, 0.05) is 24.5 Å². The summed E-state index contributed by atoms with van der Waals surface area (Å²) in [7, 11) is 0. The number of hydrogen-bond donors (Lipinski definition) is 3. The highest BCUT2D eigenvalue weighted by Gasteiger charge is 2.16. The highest BCUT2D eigenvalue weighted by molar-refractivity contribution is 5.97. The molecule has 1 aromatic rings. The second-order valence-electron chi connectivity index (χ2n) is 5.36.